The second-order valence-electron chi connectivity index (χ2n) is 6.07. The van der Waals surface area contributed by atoms with Crippen molar-refractivity contribution in [3.63, 3.8) is 0 Å². The zero-order valence-corrected chi connectivity index (χ0v) is 13.3. The van der Waals surface area contributed by atoms with E-state index in [4.69, 9.17) is 0 Å². The molecule has 0 aromatic heterocycles. The van der Waals surface area contributed by atoms with Crippen LogP contribution in [0.5, 0.6) is 0 Å². The van der Waals surface area contributed by atoms with Gasteiger partial charge in [-0.15, -0.1) is 17.7 Å². The molecule has 100 valence electrons. The Hall–Kier alpha value is -0.453. The molecule has 0 saturated carbocycles. The highest BCUT2D eigenvalue weighted by atomic mass is 32.3. The van der Waals surface area contributed by atoms with Crippen LogP contribution in [0.4, 0.5) is 0 Å². The molecule has 0 bridgehead atoms. The molecule has 2 rings (SSSR count). The first kappa shape index (κ1) is 14.0. The van der Waals surface area contributed by atoms with Crippen molar-refractivity contribution in [3.8, 4) is 0 Å². The van der Waals surface area contributed by atoms with Gasteiger partial charge in [-0.25, -0.2) is 0 Å². The molecule has 2 nitrogen and oxygen atoms in total. The molecule has 0 fully saturated rings. The second kappa shape index (κ2) is 5.27. The van der Waals surface area contributed by atoms with Crippen molar-refractivity contribution < 1.29 is 4.55 Å². The molecule has 0 radical (unpaired) electrons. The topological polar surface area (TPSA) is 35.4 Å². The molecule has 1 aliphatic heterocycles. The highest BCUT2D eigenvalue weighted by Gasteiger charge is 2.25. The zero-order valence-electron chi connectivity index (χ0n) is 11.5. The molecule has 1 aromatic carbocycles. The zero-order chi connectivity index (χ0) is 13.2. The normalized spacial score (nSPS) is 25.8. The van der Waals surface area contributed by atoms with E-state index in [-0.39, 0.29) is 0 Å². The van der Waals surface area contributed by atoms with Crippen molar-refractivity contribution >= 4 is 18.2 Å². The third-order valence-electron chi connectivity index (χ3n) is 3.07. The summed E-state index contributed by atoms with van der Waals surface area (Å²) < 4.78 is 17.7. The first-order valence-corrected chi connectivity index (χ1v) is 11.8. The fraction of sp³-hybridized carbons (Fsp3) is 0.500. The summed E-state index contributed by atoms with van der Waals surface area (Å²) in [6, 6.07) is 10.8. The molecule has 4 heteroatoms. The van der Waals surface area contributed by atoms with Gasteiger partial charge in [0.1, 0.15) is 4.90 Å². The van der Waals surface area contributed by atoms with Crippen LogP contribution in [0.25, 0.3) is 0 Å². The molecule has 0 amide bonds. The third-order valence-corrected chi connectivity index (χ3v) is 7.40. The Balaban J connectivity index is 2.36. The van der Waals surface area contributed by atoms with Crippen molar-refractivity contribution in [2.45, 2.75) is 43.4 Å². The van der Waals surface area contributed by atoms with Gasteiger partial charge in [0.25, 0.3) is 0 Å². The lowest BCUT2D eigenvalue weighted by molar-refractivity contribution is 0.566. The summed E-state index contributed by atoms with van der Waals surface area (Å²) in [4.78, 5) is 0.901. The van der Waals surface area contributed by atoms with Crippen LogP contribution in [0.1, 0.15) is 12.8 Å². The van der Waals surface area contributed by atoms with Crippen LogP contribution >= 0.6 is 0 Å². The van der Waals surface area contributed by atoms with E-state index in [1.165, 1.54) is 5.25 Å². The quantitative estimate of drug-likeness (QED) is 0.465. The van der Waals surface area contributed by atoms with Crippen molar-refractivity contribution in [1.82, 2.24) is 0 Å². The van der Waals surface area contributed by atoms with Gasteiger partial charge in [0.15, 0.2) is 0 Å². The Bertz CT molecular complexity index is 453. The third kappa shape index (κ3) is 3.11. The predicted molar refractivity (Wildman–Crippen MR) is 80.8 cm³/mol. The molecule has 0 N–H and O–H groups in total. The number of hydrogen-bond acceptors (Lipinski definition) is 2. The Kier molecular flexibility index (Phi) is 4.09. The van der Waals surface area contributed by atoms with Crippen LogP contribution in [0.15, 0.2) is 39.6 Å². The van der Waals surface area contributed by atoms with E-state index in [9.17, 15) is 4.55 Å². The van der Waals surface area contributed by atoms with Crippen molar-refractivity contribution in [1.29, 1.82) is 0 Å². The second-order valence-corrected chi connectivity index (χ2v) is 13.9. The Morgan fingerprint density at radius 3 is 2.56 bits per heavy atom. The van der Waals surface area contributed by atoms with Gasteiger partial charge >= 0.3 is 0 Å². The molecule has 1 aromatic rings. The molecule has 0 spiro atoms. The first-order valence-electron chi connectivity index (χ1n) is 6.55. The molecule has 1 aliphatic rings. The van der Waals surface area contributed by atoms with E-state index >= 15 is 0 Å². The molecule has 0 aliphatic carbocycles. The van der Waals surface area contributed by atoms with Crippen molar-refractivity contribution in [2.75, 3.05) is 6.54 Å². The number of rotatable bonds is 3. The summed E-state index contributed by atoms with van der Waals surface area (Å²) in [7, 11) is -3.51. The van der Waals surface area contributed by atoms with Crippen LogP contribution in [0.2, 0.25) is 25.7 Å². The predicted octanol–water partition coefficient (Wildman–Crippen LogP) is 4.18. The Morgan fingerprint density at radius 2 is 1.94 bits per heavy atom. The van der Waals surface area contributed by atoms with Gasteiger partial charge in [-0.2, -0.15) is 14.5 Å². The van der Waals surface area contributed by atoms with E-state index in [1.807, 2.05) is 30.3 Å². The van der Waals surface area contributed by atoms with Gasteiger partial charge in [-0.3, -0.25) is 0 Å². The maximum atomic E-state index is 13.2. The van der Waals surface area contributed by atoms with E-state index < -0.39 is 18.2 Å². The molecule has 1 unspecified atom stereocenters. The molecule has 0 saturated heterocycles. The minimum atomic E-state index is -2.27. The van der Waals surface area contributed by atoms with Crippen LogP contribution < -0.4 is 0 Å². The molecule has 1 heterocycles. The largest absolute Gasteiger partial charge is 0.651 e. The summed E-state index contributed by atoms with van der Waals surface area (Å²) in [6.45, 7) is 7.74. The van der Waals surface area contributed by atoms with E-state index in [0.29, 0.717) is 0 Å². The van der Waals surface area contributed by atoms with E-state index in [2.05, 4.69) is 24.0 Å². The van der Waals surface area contributed by atoms with Crippen LogP contribution in [0.3, 0.4) is 0 Å². The monoisotopic (exact) mass is 280 g/mol. The lowest BCUT2D eigenvalue weighted by Gasteiger charge is -2.47. The number of nitrogens with zero attached hydrogens (tertiary/aromatic N) is 1. The average Bonchev–Trinajstić information content (AvgIpc) is 2.32. The Morgan fingerprint density at radius 1 is 1.28 bits per heavy atom. The summed E-state index contributed by atoms with van der Waals surface area (Å²) >= 11 is 0. The van der Waals surface area contributed by atoms with Crippen LogP contribution in [0, 0.1) is 5.25 Å². The number of hydrogen-bond donors (Lipinski definition) is 0. The minimum absolute atomic E-state index is 0.739. The average molecular weight is 280 g/mol. The molecular weight excluding hydrogens is 258 g/mol. The van der Waals surface area contributed by atoms with Gasteiger partial charge in [0.2, 0.25) is 0 Å². The fourth-order valence-electron chi connectivity index (χ4n) is 2.32. The lowest BCUT2D eigenvalue weighted by Crippen LogP contribution is -2.32. The van der Waals surface area contributed by atoms with E-state index in [0.717, 1.165) is 30.3 Å². The van der Waals surface area contributed by atoms with Gasteiger partial charge in [-0.1, -0.05) is 44.3 Å². The van der Waals surface area contributed by atoms with Gasteiger partial charge < -0.3 is 4.55 Å². The van der Waals surface area contributed by atoms with Crippen molar-refractivity contribution in [3.05, 3.63) is 35.6 Å². The number of benzene rings is 1. The van der Waals surface area contributed by atoms with E-state index in [1.54, 1.807) is 0 Å². The van der Waals surface area contributed by atoms with Gasteiger partial charge in [-0.05, 0) is 12.1 Å². The smallest absolute Gasteiger partial charge is 0.108 e. The summed E-state index contributed by atoms with van der Waals surface area (Å²) in [5.74, 6) is 0. The maximum Gasteiger partial charge on any atom is 0.108 e. The summed E-state index contributed by atoms with van der Waals surface area (Å²) in [5, 5.41) is 1.19. The van der Waals surface area contributed by atoms with Gasteiger partial charge in [0.05, 0.1) is 6.54 Å². The first-order chi connectivity index (χ1) is 8.42. The SMILES string of the molecule is C[Si](C)(C)C[C-]1CCCN=[S+]1([O-])c1ccccc1. The summed E-state index contributed by atoms with van der Waals surface area (Å²) in [6.07, 6.45) is 2.05. The fourth-order valence-corrected chi connectivity index (χ4v) is 7.76. The molecular formula is C14H22NOSSi-. The molecule has 1 atom stereocenters. The van der Waals surface area contributed by atoms with Gasteiger partial charge in [0, 0.05) is 8.07 Å². The van der Waals surface area contributed by atoms with Crippen LogP contribution in [-0.4, -0.2) is 19.2 Å². The lowest BCUT2D eigenvalue weighted by atomic mass is 10.2. The Labute approximate surface area is 113 Å². The van der Waals surface area contributed by atoms with Crippen LogP contribution in [-0.2, 0) is 10.1 Å². The molecule has 18 heavy (non-hydrogen) atoms. The highest BCUT2D eigenvalue weighted by molar-refractivity contribution is 8.02. The van der Waals surface area contributed by atoms with Crippen molar-refractivity contribution in [2.24, 2.45) is 4.36 Å². The highest BCUT2D eigenvalue weighted by Crippen LogP contribution is 2.40. The summed E-state index contributed by atoms with van der Waals surface area (Å²) in [5.41, 5.74) is 0. The standard InChI is InChI=1S/C14H22NOSSi/c1-18(2,3)12-14-10-7-11-15-17(14,16)13-8-5-4-6-9-13/h4-6,8-9H,7,10-12H2,1-3H3/q-1. The maximum absolute atomic E-state index is 13.2. The minimum Gasteiger partial charge on any atom is -0.651 e.